The molecule has 2 heterocycles. The predicted molar refractivity (Wildman–Crippen MR) is 141 cm³/mol. The highest BCUT2D eigenvalue weighted by molar-refractivity contribution is 9.10. The van der Waals surface area contributed by atoms with Crippen LogP contribution in [0.5, 0.6) is 0 Å². The summed E-state index contributed by atoms with van der Waals surface area (Å²) in [5.74, 6) is 6.85. The van der Waals surface area contributed by atoms with Crippen molar-refractivity contribution in [3.8, 4) is 0 Å². The zero-order valence-corrected chi connectivity index (χ0v) is 21.5. The molecule has 4 aromatic rings. The molecule has 0 spiro atoms. The summed E-state index contributed by atoms with van der Waals surface area (Å²) in [6.45, 7) is 0. The normalized spacial score (nSPS) is 11.1. The van der Waals surface area contributed by atoms with E-state index >= 15 is 0 Å². The topological polar surface area (TPSA) is 136 Å². The number of nitrogens with zero attached hydrogens (tertiary/aromatic N) is 6. The Hall–Kier alpha value is -2.94. The number of hydrazone groups is 1. The maximum Gasteiger partial charge on any atom is 0.264 e. The van der Waals surface area contributed by atoms with Crippen LogP contribution in [0.4, 0.5) is 11.1 Å². The highest BCUT2D eigenvalue weighted by atomic mass is 79.9. The lowest BCUT2D eigenvalue weighted by Crippen LogP contribution is -2.16. The average molecular weight is 577 g/mol. The van der Waals surface area contributed by atoms with E-state index in [0.717, 1.165) is 31.9 Å². The summed E-state index contributed by atoms with van der Waals surface area (Å²) >= 11 is 7.50. The number of anilines is 2. The molecule has 0 saturated heterocycles. The Kier molecular flexibility index (Phi) is 8.51. The standard InChI is InChI=1S/C20H18BrN9OS3/c21-15-8-4-7-14(9-15)11-33-20-29-27-18(34-20)24-16(31)12-32-19-28-26-17(30(19)22)25-23-10-13-5-2-1-3-6-13/h1-10H,11-12,22H2,(H,25,26)(H,24,27,31)/b23-10+. The molecule has 0 bridgehead atoms. The number of aromatic nitrogens is 5. The molecule has 34 heavy (non-hydrogen) atoms. The van der Waals surface area contributed by atoms with Crippen molar-refractivity contribution < 1.29 is 4.79 Å². The van der Waals surface area contributed by atoms with E-state index in [1.54, 1.807) is 18.0 Å². The van der Waals surface area contributed by atoms with Gasteiger partial charge in [0.05, 0.1) is 12.0 Å². The van der Waals surface area contributed by atoms with Gasteiger partial charge in [0.1, 0.15) is 0 Å². The van der Waals surface area contributed by atoms with E-state index in [4.69, 9.17) is 5.84 Å². The molecule has 0 fully saturated rings. The molecular formula is C20H18BrN9OS3. The molecule has 2 aromatic heterocycles. The van der Waals surface area contributed by atoms with Crippen LogP contribution in [0.1, 0.15) is 11.1 Å². The number of hydrogen-bond donors (Lipinski definition) is 3. The second-order valence-electron chi connectivity index (χ2n) is 6.59. The number of carbonyl (C=O) groups is 1. The summed E-state index contributed by atoms with van der Waals surface area (Å²) in [7, 11) is 0. The number of thioether (sulfide) groups is 2. The van der Waals surface area contributed by atoms with Crippen LogP contribution in [0.2, 0.25) is 0 Å². The molecule has 1 amide bonds. The van der Waals surface area contributed by atoms with Gasteiger partial charge in [-0.15, -0.1) is 20.4 Å². The van der Waals surface area contributed by atoms with Crippen LogP contribution in [-0.4, -0.2) is 42.9 Å². The second-order valence-corrected chi connectivity index (χ2v) is 10.6. The maximum atomic E-state index is 12.3. The van der Waals surface area contributed by atoms with E-state index in [2.05, 4.69) is 58.2 Å². The molecule has 0 unspecified atom stereocenters. The van der Waals surface area contributed by atoms with Gasteiger partial charge in [-0.1, -0.05) is 93.3 Å². The lowest BCUT2D eigenvalue weighted by molar-refractivity contribution is -0.113. The average Bonchev–Trinajstić information content (AvgIpc) is 3.43. The Morgan fingerprint density at radius 2 is 1.97 bits per heavy atom. The fourth-order valence-corrected chi connectivity index (χ4v) is 5.35. The second kappa shape index (κ2) is 12.0. The highest BCUT2D eigenvalue weighted by Crippen LogP contribution is 2.29. The Morgan fingerprint density at radius 3 is 2.79 bits per heavy atom. The molecular weight excluding hydrogens is 558 g/mol. The number of hydrogen-bond acceptors (Lipinski definition) is 11. The van der Waals surface area contributed by atoms with Crippen LogP contribution >= 0.6 is 50.8 Å². The molecule has 2 aromatic carbocycles. The Balaban J connectivity index is 1.23. The van der Waals surface area contributed by atoms with Crippen molar-refractivity contribution in [2.45, 2.75) is 15.2 Å². The Morgan fingerprint density at radius 1 is 1.12 bits per heavy atom. The SMILES string of the molecule is Nn1c(N/N=C/c2ccccc2)nnc1SCC(=O)Nc1nnc(SCc2cccc(Br)c2)s1. The molecule has 0 saturated carbocycles. The lowest BCUT2D eigenvalue weighted by Gasteiger charge is -2.03. The van der Waals surface area contributed by atoms with E-state index in [1.807, 2.05) is 48.5 Å². The predicted octanol–water partition coefficient (Wildman–Crippen LogP) is 4.08. The van der Waals surface area contributed by atoms with Crippen LogP contribution in [0.25, 0.3) is 0 Å². The van der Waals surface area contributed by atoms with Gasteiger partial charge in [0.25, 0.3) is 5.95 Å². The van der Waals surface area contributed by atoms with Gasteiger partial charge in [0.15, 0.2) is 4.34 Å². The molecule has 0 atom stereocenters. The van der Waals surface area contributed by atoms with Gasteiger partial charge in [-0.25, -0.2) is 10.1 Å². The first kappa shape index (κ1) is 24.2. The first-order valence-electron chi connectivity index (χ1n) is 9.75. The van der Waals surface area contributed by atoms with Crippen molar-refractivity contribution in [2.24, 2.45) is 5.10 Å². The summed E-state index contributed by atoms with van der Waals surface area (Å²) in [6, 6.07) is 17.7. The minimum absolute atomic E-state index is 0.0860. The zero-order chi connectivity index (χ0) is 23.8. The molecule has 0 aliphatic heterocycles. The van der Waals surface area contributed by atoms with Gasteiger partial charge in [0.2, 0.25) is 16.2 Å². The summed E-state index contributed by atoms with van der Waals surface area (Å²) in [4.78, 5) is 12.3. The van der Waals surface area contributed by atoms with Crippen molar-refractivity contribution in [3.63, 3.8) is 0 Å². The number of rotatable bonds is 10. The number of nitrogen functional groups attached to an aromatic ring is 1. The van der Waals surface area contributed by atoms with Gasteiger partial charge in [-0.05, 0) is 23.3 Å². The van der Waals surface area contributed by atoms with Gasteiger partial charge < -0.3 is 5.84 Å². The summed E-state index contributed by atoms with van der Waals surface area (Å²) in [6.07, 6.45) is 1.64. The van der Waals surface area contributed by atoms with E-state index in [9.17, 15) is 4.79 Å². The van der Waals surface area contributed by atoms with Gasteiger partial charge >= 0.3 is 0 Å². The van der Waals surface area contributed by atoms with Crippen LogP contribution in [-0.2, 0) is 10.5 Å². The van der Waals surface area contributed by atoms with Crippen molar-refractivity contribution >= 4 is 74.0 Å². The van der Waals surface area contributed by atoms with Crippen LogP contribution in [0, 0.1) is 0 Å². The van der Waals surface area contributed by atoms with Crippen molar-refractivity contribution in [2.75, 3.05) is 22.3 Å². The van der Waals surface area contributed by atoms with Crippen molar-refractivity contribution in [1.82, 2.24) is 25.1 Å². The minimum atomic E-state index is -0.246. The number of halogens is 1. The molecule has 0 radical (unpaired) electrons. The van der Waals surface area contributed by atoms with Crippen molar-refractivity contribution in [3.05, 3.63) is 70.2 Å². The molecule has 0 aliphatic rings. The molecule has 0 aliphatic carbocycles. The molecule has 174 valence electrons. The highest BCUT2D eigenvalue weighted by Gasteiger charge is 2.14. The molecule has 4 rings (SSSR count). The number of amides is 1. The maximum absolute atomic E-state index is 12.3. The van der Waals surface area contributed by atoms with Gasteiger partial charge in [0, 0.05) is 10.2 Å². The van der Waals surface area contributed by atoms with E-state index in [-0.39, 0.29) is 17.6 Å². The van der Waals surface area contributed by atoms with Crippen molar-refractivity contribution in [1.29, 1.82) is 0 Å². The number of nitrogens with two attached hydrogens (primary N) is 1. The third-order valence-electron chi connectivity index (χ3n) is 4.08. The Bertz CT molecular complexity index is 1280. The number of carbonyl (C=O) groups excluding carboxylic acids is 1. The molecule has 14 heteroatoms. The fraction of sp³-hybridized carbons (Fsp3) is 0.100. The lowest BCUT2D eigenvalue weighted by atomic mass is 10.2. The summed E-state index contributed by atoms with van der Waals surface area (Å²) in [5, 5.41) is 23.7. The Labute approximate surface area is 215 Å². The first-order chi connectivity index (χ1) is 16.6. The van der Waals surface area contributed by atoms with E-state index < -0.39 is 0 Å². The molecule has 10 nitrogen and oxygen atoms in total. The fourth-order valence-electron chi connectivity index (χ4n) is 2.53. The third-order valence-corrected chi connectivity index (χ3v) is 7.56. The van der Waals surface area contributed by atoms with Crippen LogP contribution in [0.15, 0.2) is 73.7 Å². The smallest absolute Gasteiger partial charge is 0.264 e. The monoisotopic (exact) mass is 575 g/mol. The summed E-state index contributed by atoms with van der Waals surface area (Å²) in [5.41, 5.74) is 4.83. The zero-order valence-electron chi connectivity index (χ0n) is 17.5. The van der Waals surface area contributed by atoms with Gasteiger partial charge in [-0.3, -0.25) is 10.1 Å². The van der Waals surface area contributed by atoms with Crippen LogP contribution < -0.4 is 16.6 Å². The van der Waals surface area contributed by atoms with E-state index in [1.165, 1.54) is 21.6 Å². The number of nitrogens with one attached hydrogen (secondary N) is 2. The van der Waals surface area contributed by atoms with Crippen LogP contribution in [0.3, 0.4) is 0 Å². The first-order valence-corrected chi connectivity index (χ1v) is 13.3. The third kappa shape index (κ3) is 7.03. The molecule has 4 N–H and O–H groups in total. The number of benzene rings is 2. The van der Waals surface area contributed by atoms with Gasteiger partial charge in [-0.2, -0.15) is 5.10 Å². The van der Waals surface area contributed by atoms with E-state index in [0.29, 0.717) is 10.3 Å². The minimum Gasteiger partial charge on any atom is -0.334 e. The quantitative estimate of drug-likeness (QED) is 0.0839. The summed E-state index contributed by atoms with van der Waals surface area (Å²) < 4.78 is 3.04. The largest absolute Gasteiger partial charge is 0.334 e.